The number of aromatic amines is 1. The molecular weight excluding hydrogens is 213 g/mol. The molecule has 0 radical (unpaired) electrons. The number of hydrogen-bond donors (Lipinski definition) is 2. The third-order valence-electron chi connectivity index (χ3n) is 2.28. The zero-order chi connectivity index (χ0) is 11.7. The Hall–Kier alpha value is -1.95. The van der Waals surface area contributed by atoms with E-state index < -0.39 is 17.1 Å². The summed E-state index contributed by atoms with van der Waals surface area (Å²) in [5.41, 5.74) is -1.19. The van der Waals surface area contributed by atoms with Crippen molar-refractivity contribution in [2.75, 3.05) is 7.05 Å². The lowest BCUT2D eigenvalue weighted by atomic mass is 10.2. The minimum absolute atomic E-state index is 0.0511. The van der Waals surface area contributed by atoms with Gasteiger partial charge in [-0.3, -0.25) is 4.79 Å². The first-order chi connectivity index (χ1) is 7.65. The van der Waals surface area contributed by atoms with Crippen molar-refractivity contribution in [3.63, 3.8) is 0 Å². The summed E-state index contributed by atoms with van der Waals surface area (Å²) >= 11 is 0. The topological polar surface area (TPSA) is 66.9 Å². The van der Waals surface area contributed by atoms with Gasteiger partial charge in [0.25, 0.3) is 5.56 Å². The lowest BCUT2D eigenvalue weighted by Gasteiger charge is -2.05. The SMILES string of the molecule is CNCn1c(=O)[nH]c2c(F)cccc2c1=O. The van der Waals surface area contributed by atoms with Gasteiger partial charge in [-0.2, -0.15) is 0 Å². The van der Waals surface area contributed by atoms with Crippen LogP contribution < -0.4 is 16.6 Å². The van der Waals surface area contributed by atoms with Crippen LogP contribution in [0.25, 0.3) is 10.9 Å². The maximum atomic E-state index is 13.3. The molecule has 2 aromatic rings. The molecule has 0 saturated carbocycles. The fourth-order valence-corrected chi connectivity index (χ4v) is 1.54. The molecule has 0 atom stereocenters. The van der Waals surface area contributed by atoms with E-state index in [9.17, 15) is 14.0 Å². The Balaban J connectivity index is 2.90. The van der Waals surface area contributed by atoms with Crippen molar-refractivity contribution in [3.8, 4) is 0 Å². The van der Waals surface area contributed by atoms with Gasteiger partial charge < -0.3 is 10.3 Å². The molecule has 0 saturated heterocycles. The van der Waals surface area contributed by atoms with Crippen molar-refractivity contribution in [1.29, 1.82) is 0 Å². The zero-order valence-corrected chi connectivity index (χ0v) is 8.58. The third kappa shape index (κ3) is 1.53. The van der Waals surface area contributed by atoms with Gasteiger partial charge in [0.05, 0.1) is 17.6 Å². The van der Waals surface area contributed by atoms with Crippen LogP contribution in [0.4, 0.5) is 4.39 Å². The molecule has 0 spiro atoms. The van der Waals surface area contributed by atoms with Crippen LogP contribution in [0.3, 0.4) is 0 Å². The van der Waals surface area contributed by atoms with Crippen LogP contribution in [0.5, 0.6) is 0 Å². The van der Waals surface area contributed by atoms with E-state index >= 15 is 0 Å². The molecule has 16 heavy (non-hydrogen) atoms. The minimum Gasteiger partial charge on any atom is -0.304 e. The Kier molecular flexibility index (Phi) is 2.57. The fourth-order valence-electron chi connectivity index (χ4n) is 1.54. The van der Waals surface area contributed by atoms with Crippen molar-refractivity contribution in [3.05, 3.63) is 44.9 Å². The van der Waals surface area contributed by atoms with E-state index in [1.54, 1.807) is 7.05 Å². The molecule has 0 unspecified atom stereocenters. The molecule has 1 aromatic carbocycles. The second-order valence-corrected chi connectivity index (χ2v) is 3.34. The van der Waals surface area contributed by atoms with Gasteiger partial charge in [-0.05, 0) is 19.2 Å². The Morgan fingerprint density at radius 1 is 1.44 bits per heavy atom. The summed E-state index contributed by atoms with van der Waals surface area (Å²) in [6, 6.07) is 4.10. The van der Waals surface area contributed by atoms with Crippen LogP contribution >= 0.6 is 0 Å². The number of nitrogens with zero attached hydrogens (tertiary/aromatic N) is 1. The number of benzene rings is 1. The van der Waals surface area contributed by atoms with Gasteiger partial charge in [-0.15, -0.1) is 0 Å². The molecule has 6 heteroatoms. The lowest BCUT2D eigenvalue weighted by Crippen LogP contribution is -2.38. The lowest BCUT2D eigenvalue weighted by molar-refractivity contribution is 0.570. The molecule has 0 aliphatic carbocycles. The quantitative estimate of drug-likeness (QED) is 0.753. The van der Waals surface area contributed by atoms with Crippen molar-refractivity contribution < 1.29 is 4.39 Å². The number of halogens is 1. The third-order valence-corrected chi connectivity index (χ3v) is 2.28. The number of aromatic nitrogens is 2. The Labute approximate surface area is 89.5 Å². The fraction of sp³-hybridized carbons (Fsp3) is 0.200. The molecule has 0 bridgehead atoms. The van der Waals surface area contributed by atoms with Crippen LogP contribution in [0.2, 0.25) is 0 Å². The number of rotatable bonds is 2. The summed E-state index contributed by atoms with van der Waals surface area (Å²) in [6.07, 6.45) is 0. The maximum Gasteiger partial charge on any atom is 0.330 e. The average Bonchev–Trinajstić information content (AvgIpc) is 2.26. The van der Waals surface area contributed by atoms with Gasteiger partial charge in [0.1, 0.15) is 5.82 Å². The molecule has 84 valence electrons. The van der Waals surface area contributed by atoms with Crippen molar-refractivity contribution in [1.82, 2.24) is 14.9 Å². The van der Waals surface area contributed by atoms with Crippen LogP contribution in [-0.2, 0) is 6.67 Å². The highest BCUT2D eigenvalue weighted by molar-refractivity contribution is 5.77. The zero-order valence-electron chi connectivity index (χ0n) is 8.58. The van der Waals surface area contributed by atoms with Crippen LogP contribution in [0.15, 0.2) is 27.8 Å². The first-order valence-corrected chi connectivity index (χ1v) is 4.71. The van der Waals surface area contributed by atoms with E-state index in [-0.39, 0.29) is 17.6 Å². The molecule has 5 nitrogen and oxygen atoms in total. The Morgan fingerprint density at radius 3 is 2.88 bits per heavy atom. The van der Waals surface area contributed by atoms with Gasteiger partial charge in [-0.1, -0.05) is 6.07 Å². The van der Waals surface area contributed by atoms with Crippen LogP contribution in [-0.4, -0.2) is 16.6 Å². The molecule has 0 aliphatic rings. The monoisotopic (exact) mass is 223 g/mol. The first-order valence-electron chi connectivity index (χ1n) is 4.71. The van der Waals surface area contributed by atoms with E-state index in [1.807, 2.05) is 0 Å². The van der Waals surface area contributed by atoms with Crippen LogP contribution in [0, 0.1) is 5.82 Å². The maximum absolute atomic E-state index is 13.3. The number of H-pyrrole nitrogens is 1. The number of fused-ring (bicyclic) bond motifs is 1. The highest BCUT2D eigenvalue weighted by Crippen LogP contribution is 2.08. The van der Waals surface area contributed by atoms with E-state index in [0.717, 1.165) is 4.57 Å². The summed E-state index contributed by atoms with van der Waals surface area (Å²) in [7, 11) is 1.61. The molecular formula is C10H10FN3O2. The molecule has 1 heterocycles. The second kappa shape index (κ2) is 3.90. The van der Waals surface area contributed by atoms with Gasteiger partial charge in [-0.25, -0.2) is 13.8 Å². The molecule has 0 fully saturated rings. The second-order valence-electron chi connectivity index (χ2n) is 3.34. The molecule has 2 rings (SSSR count). The van der Waals surface area contributed by atoms with Gasteiger partial charge in [0, 0.05) is 0 Å². The highest BCUT2D eigenvalue weighted by Gasteiger charge is 2.09. The van der Waals surface area contributed by atoms with Gasteiger partial charge in [0.2, 0.25) is 0 Å². The predicted octanol–water partition coefficient (Wildman–Crippen LogP) is 0.00580. The Bertz CT molecular complexity index is 645. The molecule has 0 aliphatic heterocycles. The van der Waals surface area contributed by atoms with E-state index in [4.69, 9.17) is 0 Å². The number of hydrogen-bond acceptors (Lipinski definition) is 3. The first kappa shape index (κ1) is 10.6. The summed E-state index contributed by atoms with van der Waals surface area (Å²) in [5.74, 6) is -0.608. The van der Waals surface area contributed by atoms with Gasteiger partial charge >= 0.3 is 5.69 Å². The minimum atomic E-state index is -0.628. The molecule has 0 amide bonds. The van der Waals surface area contributed by atoms with Crippen LogP contribution in [0.1, 0.15) is 0 Å². The van der Waals surface area contributed by atoms with Crippen molar-refractivity contribution in [2.45, 2.75) is 6.67 Å². The largest absolute Gasteiger partial charge is 0.330 e. The number of para-hydroxylation sites is 1. The summed E-state index contributed by atoms with van der Waals surface area (Å²) in [4.78, 5) is 25.7. The molecule has 1 aromatic heterocycles. The number of nitrogens with one attached hydrogen (secondary N) is 2. The van der Waals surface area contributed by atoms with E-state index in [2.05, 4.69) is 10.3 Å². The van der Waals surface area contributed by atoms with E-state index in [0.29, 0.717) is 0 Å². The smallest absolute Gasteiger partial charge is 0.304 e. The molecule has 2 N–H and O–H groups in total. The summed E-state index contributed by atoms with van der Waals surface area (Å²) < 4.78 is 14.3. The average molecular weight is 223 g/mol. The highest BCUT2D eigenvalue weighted by atomic mass is 19.1. The normalized spacial score (nSPS) is 10.9. The standard InChI is InChI=1S/C10H10FN3O2/c1-12-5-14-9(15)6-3-2-4-7(11)8(6)13-10(14)16/h2-4,12H,5H2,1H3,(H,13,16). The van der Waals surface area contributed by atoms with Crippen molar-refractivity contribution in [2.24, 2.45) is 0 Å². The summed E-state index contributed by atoms with van der Waals surface area (Å²) in [6.45, 7) is 0.0839. The Morgan fingerprint density at radius 2 is 2.19 bits per heavy atom. The van der Waals surface area contributed by atoms with E-state index in [1.165, 1.54) is 18.2 Å². The van der Waals surface area contributed by atoms with Gasteiger partial charge in [0.15, 0.2) is 0 Å². The summed E-state index contributed by atoms with van der Waals surface area (Å²) in [5, 5.41) is 2.86. The predicted molar refractivity (Wildman–Crippen MR) is 57.8 cm³/mol. The van der Waals surface area contributed by atoms with Crippen molar-refractivity contribution >= 4 is 10.9 Å².